The second-order valence-electron chi connectivity index (χ2n) is 3.96. The van der Waals surface area contributed by atoms with Crippen molar-refractivity contribution in [1.82, 2.24) is 15.0 Å². The third kappa shape index (κ3) is 3.30. The molecule has 7 heteroatoms. The summed E-state index contributed by atoms with van der Waals surface area (Å²) in [6.45, 7) is 0. The lowest BCUT2D eigenvalue weighted by Crippen LogP contribution is -2.05. The zero-order valence-corrected chi connectivity index (χ0v) is 12.4. The van der Waals surface area contributed by atoms with Crippen LogP contribution in [0.1, 0.15) is 11.4 Å². The third-order valence-corrected chi connectivity index (χ3v) is 3.22. The van der Waals surface area contributed by atoms with Crippen LogP contribution in [0.5, 0.6) is 11.5 Å². The summed E-state index contributed by atoms with van der Waals surface area (Å²) in [5.74, 6) is 2.24. The molecule has 0 spiro atoms. The number of nitrogen functional groups attached to an aromatic ring is 1. The molecule has 0 amide bonds. The molecular formula is C13H16N4O2S. The molecule has 6 nitrogen and oxygen atoms in total. The van der Waals surface area contributed by atoms with E-state index in [1.165, 1.54) is 11.8 Å². The number of hydrogen-bond acceptors (Lipinski definition) is 7. The first-order chi connectivity index (χ1) is 9.66. The van der Waals surface area contributed by atoms with Gasteiger partial charge in [-0.25, -0.2) is 4.98 Å². The molecule has 0 fully saturated rings. The Balaban J connectivity index is 2.27. The fourth-order valence-corrected chi connectivity index (χ4v) is 2.14. The first kappa shape index (κ1) is 14.4. The quantitative estimate of drug-likeness (QED) is 0.841. The SMILES string of the molecule is COc1ccc(Cc2nc(N)nc(SC)n2)cc1OC. The lowest BCUT2D eigenvalue weighted by atomic mass is 10.1. The molecule has 2 rings (SSSR count). The van der Waals surface area contributed by atoms with Crippen LogP contribution in [0, 0.1) is 0 Å². The maximum atomic E-state index is 5.67. The van der Waals surface area contributed by atoms with E-state index < -0.39 is 0 Å². The van der Waals surface area contributed by atoms with Crippen LogP contribution in [0.2, 0.25) is 0 Å². The minimum atomic E-state index is 0.236. The summed E-state index contributed by atoms with van der Waals surface area (Å²) in [6.07, 6.45) is 2.45. The van der Waals surface area contributed by atoms with Crippen molar-refractivity contribution in [1.29, 1.82) is 0 Å². The fraction of sp³-hybridized carbons (Fsp3) is 0.308. The van der Waals surface area contributed by atoms with Gasteiger partial charge in [0.1, 0.15) is 5.82 Å². The molecule has 1 aromatic heterocycles. The highest BCUT2D eigenvalue weighted by molar-refractivity contribution is 7.98. The summed E-state index contributed by atoms with van der Waals surface area (Å²) in [5, 5.41) is 0.618. The fourth-order valence-electron chi connectivity index (χ4n) is 1.76. The standard InChI is InChI=1S/C13H16N4O2S/c1-18-9-5-4-8(6-10(9)19-2)7-11-15-12(14)17-13(16-11)20-3/h4-6H,7H2,1-3H3,(H2,14,15,16,17). The Labute approximate surface area is 121 Å². The van der Waals surface area contributed by atoms with E-state index in [-0.39, 0.29) is 5.95 Å². The van der Waals surface area contributed by atoms with Crippen molar-refractivity contribution in [3.05, 3.63) is 29.6 Å². The van der Waals surface area contributed by atoms with Gasteiger partial charge in [-0.1, -0.05) is 17.8 Å². The molecule has 0 aliphatic heterocycles. The Morgan fingerprint density at radius 2 is 1.85 bits per heavy atom. The molecule has 0 unspecified atom stereocenters. The van der Waals surface area contributed by atoms with Crippen LogP contribution in [-0.4, -0.2) is 35.4 Å². The van der Waals surface area contributed by atoms with Crippen molar-refractivity contribution in [2.45, 2.75) is 11.6 Å². The van der Waals surface area contributed by atoms with Gasteiger partial charge in [-0.15, -0.1) is 0 Å². The first-order valence-corrected chi connectivity index (χ1v) is 7.14. The highest BCUT2D eigenvalue weighted by Crippen LogP contribution is 2.28. The summed E-state index contributed by atoms with van der Waals surface area (Å²) in [5.41, 5.74) is 6.68. The van der Waals surface area contributed by atoms with E-state index in [1.807, 2.05) is 24.5 Å². The largest absolute Gasteiger partial charge is 0.493 e. The van der Waals surface area contributed by atoms with Crippen molar-refractivity contribution >= 4 is 17.7 Å². The molecule has 2 N–H and O–H groups in total. The second kappa shape index (κ2) is 6.42. The molecule has 0 atom stereocenters. The molecule has 20 heavy (non-hydrogen) atoms. The number of rotatable bonds is 5. The summed E-state index contributed by atoms with van der Waals surface area (Å²) >= 11 is 1.43. The lowest BCUT2D eigenvalue weighted by Gasteiger charge is -2.09. The maximum Gasteiger partial charge on any atom is 0.224 e. The highest BCUT2D eigenvalue weighted by Gasteiger charge is 2.08. The minimum Gasteiger partial charge on any atom is -0.493 e. The van der Waals surface area contributed by atoms with Crippen LogP contribution in [-0.2, 0) is 6.42 Å². The number of anilines is 1. The Hall–Kier alpha value is -2.02. The van der Waals surface area contributed by atoms with Crippen LogP contribution >= 0.6 is 11.8 Å². The molecule has 106 valence electrons. The van der Waals surface area contributed by atoms with E-state index in [9.17, 15) is 0 Å². The smallest absolute Gasteiger partial charge is 0.224 e. The van der Waals surface area contributed by atoms with Crippen molar-refractivity contribution < 1.29 is 9.47 Å². The van der Waals surface area contributed by atoms with Gasteiger partial charge in [0, 0.05) is 6.42 Å². The molecule has 0 aliphatic carbocycles. The molecule has 1 aromatic carbocycles. The van der Waals surface area contributed by atoms with Gasteiger partial charge in [-0.05, 0) is 24.0 Å². The average molecular weight is 292 g/mol. The monoisotopic (exact) mass is 292 g/mol. The van der Waals surface area contributed by atoms with Crippen molar-refractivity contribution in [2.75, 3.05) is 26.2 Å². The first-order valence-electron chi connectivity index (χ1n) is 5.91. The summed E-state index contributed by atoms with van der Waals surface area (Å²) in [6, 6.07) is 5.70. The zero-order valence-electron chi connectivity index (χ0n) is 11.6. The second-order valence-corrected chi connectivity index (χ2v) is 4.74. The van der Waals surface area contributed by atoms with Gasteiger partial charge in [0.25, 0.3) is 0 Å². The van der Waals surface area contributed by atoms with Crippen molar-refractivity contribution in [2.24, 2.45) is 0 Å². The summed E-state index contributed by atoms with van der Waals surface area (Å²) < 4.78 is 10.5. The van der Waals surface area contributed by atoms with E-state index in [1.54, 1.807) is 14.2 Å². The predicted molar refractivity (Wildman–Crippen MR) is 78.4 cm³/mol. The molecule has 1 heterocycles. The molecule has 2 aromatic rings. The van der Waals surface area contributed by atoms with Gasteiger partial charge >= 0.3 is 0 Å². The average Bonchev–Trinajstić information content (AvgIpc) is 2.46. The van der Waals surface area contributed by atoms with Gasteiger partial charge in [-0.3, -0.25) is 0 Å². The van der Waals surface area contributed by atoms with Crippen molar-refractivity contribution in [3.8, 4) is 11.5 Å². The van der Waals surface area contributed by atoms with Crippen LogP contribution in [0.15, 0.2) is 23.4 Å². The van der Waals surface area contributed by atoms with Crippen LogP contribution in [0.3, 0.4) is 0 Å². The van der Waals surface area contributed by atoms with E-state index in [2.05, 4.69) is 15.0 Å². The minimum absolute atomic E-state index is 0.236. The van der Waals surface area contributed by atoms with E-state index in [0.29, 0.717) is 28.9 Å². The molecule has 0 saturated carbocycles. The summed E-state index contributed by atoms with van der Waals surface area (Å²) in [4.78, 5) is 12.5. The van der Waals surface area contributed by atoms with E-state index >= 15 is 0 Å². The number of ether oxygens (including phenoxy) is 2. The highest BCUT2D eigenvalue weighted by atomic mass is 32.2. The van der Waals surface area contributed by atoms with E-state index in [0.717, 1.165) is 5.56 Å². The number of methoxy groups -OCH3 is 2. The van der Waals surface area contributed by atoms with Gasteiger partial charge in [0.05, 0.1) is 14.2 Å². The van der Waals surface area contributed by atoms with Crippen LogP contribution in [0.25, 0.3) is 0 Å². The predicted octanol–water partition coefficient (Wildman–Crippen LogP) is 1.78. The molecule has 0 radical (unpaired) electrons. The Kier molecular flexibility index (Phi) is 4.62. The molecular weight excluding hydrogens is 276 g/mol. The number of aromatic nitrogens is 3. The maximum absolute atomic E-state index is 5.67. The van der Waals surface area contributed by atoms with Crippen molar-refractivity contribution in [3.63, 3.8) is 0 Å². The molecule has 0 aliphatic rings. The number of nitrogens with zero attached hydrogens (tertiary/aromatic N) is 3. The van der Waals surface area contributed by atoms with Crippen LogP contribution < -0.4 is 15.2 Å². The van der Waals surface area contributed by atoms with Crippen LogP contribution in [0.4, 0.5) is 5.95 Å². The van der Waals surface area contributed by atoms with Gasteiger partial charge < -0.3 is 15.2 Å². The van der Waals surface area contributed by atoms with Gasteiger partial charge in [-0.2, -0.15) is 9.97 Å². The van der Waals surface area contributed by atoms with Gasteiger partial charge in [0.2, 0.25) is 5.95 Å². The Morgan fingerprint density at radius 3 is 2.50 bits per heavy atom. The number of nitrogens with two attached hydrogens (primary N) is 1. The topological polar surface area (TPSA) is 83.2 Å². The zero-order chi connectivity index (χ0) is 14.5. The Morgan fingerprint density at radius 1 is 1.10 bits per heavy atom. The third-order valence-electron chi connectivity index (χ3n) is 2.67. The number of thioether (sulfide) groups is 1. The molecule has 0 bridgehead atoms. The normalized spacial score (nSPS) is 10.3. The Bertz CT molecular complexity index is 607. The number of benzene rings is 1. The molecule has 0 saturated heterocycles. The number of hydrogen-bond donors (Lipinski definition) is 1. The summed E-state index contributed by atoms with van der Waals surface area (Å²) in [7, 11) is 3.21. The van der Waals surface area contributed by atoms with Gasteiger partial charge in [0.15, 0.2) is 16.7 Å². The van der Waals surface area contributed by atoms with E-state index in [4.69, 9.17) is 15.2 Å². The lowest BCUT2D eigenvalue weighted by molar-refractivity contribution is 0.354.